The molecule has 0 atom stereocenters. The Morgan fingerprint density at radius 3 is 2.62 bits per heavy atom. The van der Waals surface area contributed by atoms with Gasteiger partial charge in [-0.1, -0.05) is 22.9 Å². The van der Waals surface area contributed by atoms with Gasteiger partial charge in [0.05, 0.1) is 17.3 Å². The van der Waals surface area contributed by atoms with Crippen molar-refractivity contribution in [1.29, 1.82) is 0 Å². The van der Waals surface area contributed by atoms with Gasteiger partial charge in [-0.25, -0.2) is 4.98 Å². The van der Waals surface area contributed by atoms with Crippen LogP contribution >= 0.6 is 22.9 Å². The van der Waals surface area contributed by atoms with Crippen LogP contribution in [0.5, 0.6) is 16.7 Å². The number of thiazole rings is 1. The molecule has 0 unspecified atom stereocenters. The zero-order chi connectivity index (χ0) is 20.2. The van der Waals surface area contributed by atoms with Crippen LogP contribution in [0.4, 0.5) is 0 Å². The number of benzene rings is 2. The Labute approximate surface area is 178 Å². The van der Waals surface area contributed by atoms with Crippen molar-refractivity contribution in [1.82, 2.24) is 9.88 Å². The van der Waals surface area contributed by atoms with Crippen molar-refractivity contribution in [2.45, 2.75) is 18.9 Å². The Morgan fingerprint density at radius 2 is 1.90 bits per heavy atom. The first-order chi connectivity index (χ1) is 14.1. The summed E-state index contributed by atoms with van der Waals surface area (Å²) in [7, 11) is 1.64. The number of nitrogens with zero attached hydrogens (tertiary/aromatic N) is 2. The van der Waals surface area contributed by atoms with Gasteiger partial charge in [0.25, 0.3) is 11.1 Å². The van der Waals surface area contributed by atoms with E-state index in [0.717, 1.165) is 28.8 Å². The summed E-state index contributed by atoms with van der Waals surface area (Å²) in [6, 6.07) is 12.8. The number of carbonyl (C=O) groups excluding carboxylic acids is 1. The van der Waals surface area contributed by atoms with Crippen molar-refractivity contribution in [3.05, 3.63) is 47.5 Å². The van der Waals surface area contributed by atoms with Gasteiger partial charge in [0.2, 0.25) is 0 Å². The van der Waals surface area contributed by atoms with Crippen molar-refractivity contribution in [2.75, 3.05) is 26.8 Å². The zero-order valence-corrected chi connectivity index (χ0v) is 17.5. The lowest BCUT2D eigenvalue weighted by atomic mass is 10.1. The molecule has 29 heavy (non-hydrogen) atoms. The SMILES string of the molecule is COc1ccc2sc(OC3CCN(C(=O)COc4ccc(Cl)cc4)CC3)nc2c1. The third-order valence-corrected chi connectivity index (χ3v) is 5.99. The quantitative estimate of drug-likeness (QED) is 0.577. The van der Waals surface area contributed by atoms with Crippen LogP contribution in [0.3, 0.4) is 0 Å². The first kappa shape index (κ1) is 19.8. The van der Waals surface area contributed by atoms with Crippen LogP contribution in [0, 0.1) is 0 Å². The van der Waals surface area contributed by atoms with Crippen LogP contribution in [-0.2, 0) is 4.79 Å². The van der Waals surface area contributed by atoms with Gasteiger partial charge < -0.3 is 19.1 Å². The molecule has 1 saturated heterocycles. The third kappa shape index (κ3) is 4.92. The molecule has 152 valence electrons. The number of aromatic nitrogens is 1. The third-order valence-electron chi connectivity index (χ3n) is 4.81. The highest BCUT2D eigenvalue weighted by molar-refractivity contribution is 7.20. The lowest BCUT2D eigenvalue weighted by Gasteiger charge is -2.31. The molecule has 1 fully saturated rings. The summed E-state index contributed by atoms with van der Waals surface area (Å²) in [5.74, 6) is 1.39. The molecule has 0 bridgehead atoms. The Bertz CT molecular complexity index is 984. The summed E-state index contributed by atoms with van der Waals surface area (Å²) in [4.78, 5) is 18.8. The van der Waals surface area contributed by atoms with E-state index in [9.17, 15) is 4.79 Å². The van der Waals surface area contributed by atoms with Gasteiger partial charge in [0.1, 0.15) is 17.6 Å². The Kier molecular flexibility index (Phi) is 6.06. The van der Waals surface area contributed by atoms with Gasteiger partial charge in [-0.3, -0.25) is 4.79 Å². The number of ether oxygens (including phenoxy) is 3. The molecule has 2 heterocycles. The Morgan fingerprint density at radius 1 is 1.17 bits per heavy atom. The van der Waals surface area contributed by atoms with Crippen molar-refractivity contribution in [2.24, 2.45) is 0 Å². The molecule has 3 aromatic rings. The molecule has 0 spiro atoms. The first-order valence-corrected chi connectivity index (χ1v) is 10.6. The molecule has 1 aromatic heterocycles. The van der Waals surface area contributed by atoms with Gasteiger partial charge in [-0.05, 0) is 36.4 Å². The van der Waals surface area contributed by atoms with Gasteiger partial charge in [-0.15, -0.1) is 0 Å². The van der Waals surface area contributed by atoms with E-state index in [1.54, 1.807) is 31.4 Å². The van der Waals surface area contributed by atoms with Crippen LogP contribution in [0.2, 0.25) is 5.02 Å². The van der Waals surface area contributed by atoms with Gasteiger partial charge >= 0.3 is 0 Å². The Balaban J connectivity index is 1.26. The maximum absolute atomic E-state index is 12.4. The summed E-state index contributed by atoms with van der Waals surface area (Å²) in [5.41, 5.74) is 0.872. The van der Waals surface area contributed by atoms with E-state index in [1.807, 2.05) is 23.1 Å². The van der Waals surface area contributed by atoms with E-state index in [4.69, 9.17) is 25.8 Å². The van der Waals surface area contributed by atoms with Crippen molar-refractivity contribution in [3.63, 3.8) is 0 Å². The van der Waals surface area contributed by atoms with E-state index < -0.39 is 0 Å². The van der Waals surface area contributed by atoms with Gasteiger partial charge in [0, 0.05) is 37.0 Å². The summed E-state index contributed by atoms with van der Waals surface area (Å²) < 4.78 is 17.9. The fraction of sp³-hybridized carbons (Fsp3) is 0.333. The number of amides is 1. The van der Waals surface area contributed by atoms with E-state index in [1.165, 1.54) is 11.3 Å². The molecule has 0 saturated carbocycles. The summed E-state index contributed by atoms with van der Waals surface area (Å²) in [6.45, 7) is 1.31. The minimum atomic E-state index is -0.0227. The number of hydrogen-bond donors (Lipinski definition) is 0. The fourth-order valence-corrected chi connectivity index (χ4v) is 4.18. The zero-order valence-electron chi connectivity index (χ0n) is 16.0. The summed E-state index contributed by atoms with van der Waals surface area (Å²) in [6.07, 6.45) is 1.59. The number of hydrogen-bond acceptors (Lipinski definition) is 6. The highest BCUT2D eigenvalue weighted by atomic mass is 35.5. The van der Waals surface area contributed by atoms with Crippen LogP contribution in [0.25, 0.3) is 10.2 Å². The molecule has 0 N–H and O–H groups in total. The number of piperidine rings is 1. The lowest BCUT2D eigenvalue weighted by molar-refractivity contribution is -0.135. The normalized spacial score (nSPS) is 14.8. The molecule has 1 aliphatic heterocycles. The smallest absolute Gasteiger partial charge is 0.274 e. The van der Waals surface area contributed by atoms with Crippen LogP contribution < -0.4 is 14.2 Å². The largest absolute Gasteiger partial charge is 0.497 e. The van der Waals surface area contributed by atoms with Crippen LogP contribution in [-0.4, -0.2) is 48.7 Å². The van der Waals surface area contributed by atoms with Crippen LogP contribution in [0.1, 0.15) is 12.8 Å². The minimum Gasteiger partial charge on any atom is -0.497 e. The van der Waals surface area contributed by atoms with E-state index in [0.29, 0.717) is 29.1 Å². The van der Waals surface area contributed by atoms with E-state index in [-0.39, 0.29) is 18.6 Å². The molecule has 2 aromatic carbocycles. The van der Waals surface area contributed by atoms with E-state index >= 15 is 0 Å². The highest BCUT2D eigenvalue weighted by Crippen LogP contribution is 2.32. The average molecular weight is 433 g/mol. The van der Waals surface area contributed by atoms with Crippen molar-refractivity contribution < 1.29 is 19.0 Å². The summed E-state index contributed by atoms with van der Waals surface area (Å²) in [5, 5.41) is 1.29. The second-order valence-corrected chi connectivity index (χ2v) is 8.18. The predicted octanol–water partition coefficient (Wildman–Crippen LogP) is 4.41. The summed E-state index contributed by atoms with van der Waals surface area (Å²) >= 11 is 7.38. The standard InChI is InChI=1S/C21H21ClN2O4S/c1-26-17-6-7-19-18(12-17)23-21(29-19)28-16-8-10-24(11-9-16)20(25)13-27-15-4-2-14(22)3-5-15/h2-7,12,16H,8-11,13H2,1H3. The van der Waals surface area contributed by atoms with Crippen molar-refractivity contribution >= 4 is 39.1 Å². The molecule has 1 amide bonds. The predicted molar refractivity (Wildman–Crippen MR) is 113 cm³/mol. The highest BCUT2D eigenvalue weighted by Gasteiger charge is 2.25. The van der Waals surface area contributed by atoms with Crippen LogP contribution in [0.15, 0.2) is 42.5 Å². The van der Waals surface area contributed by atoms with E-state index in [2.05, 4.69) is 4.98 Å². The maximum atomic E-state index is 12.4. The fourth-order valence-electron chi connectivity index (χ4n) is 3.20. The number of fused-ring (bicyclic) bond motifs is 1. The molecule has 4 rings (SSSR count). The topological polar surface area (TPSA) is 60.9 Å². The Hall–Kier alpha value is -2.51. The monoisotopic (exact) mass is 432 g/mol. The molecule has 6 nitrogen and oxygen atoms in total. The maximum Gasteiger partial charge on any atom is 0.274 e. The molecular formula is C21H21ClN2O4S. The first-order valence-electron chi connectivity index (χ1n) is 9.38. The number of likely N-dealkylation sites (tertiary alicyclic amines) is 1. The average Bonchev–Trinajstić information content (AvgIpc) is 3.15. The number of carbonyl (C=O) groups is 1. The van der Waals surface area contributed by atoms with Gasteiger partial charge in [-0.2, -0.15) is 0 Å². The molecule has 0 radical (unpaired) electrons. The number of methoxy groups -OCH3 is 1. The van der Waals surface area contributed by atoms with Gasteiger partial charge in [0.15, 0.2) is 6.61 Å². The number of rotatable bonds is 6. The number of halogens is 1. The lowest BCUT2D eigenvalue weighted by Crippen LogP contribution is -2.43. The second kappa shape index (κ2) is 8.88. The van der Waals surface area contributed by atoms with Crippen molar-refractivity contribution in [3.8, 4) is 16.7 Å². The molecular weight excluding hydrogens is 412 g/mol. The minimum absolute atomic E-state index is 0.0207. The second-order valence-electron chi connectivity index (χ2n) is 6.75. The molecule has 1 aliphatic rings. The molecule has 0 aliphatic carbocycles. The molecule has 8 heteroatoms.